The summed E-state index contributed by atoms with van der Waals surface area (Å²) in [6, 6.07) is 18.5. The Labute approximate surface area is 136 Å². The average molecular weight is 306 g/mol. The molecule has 3 heteroatoms. The van der Waals surface area contributed by atoms with E-state index >= 15 is 0 Å². The first-order valence-corrected chi connectivity index (χ1v) is 8.07. The molecule has 3 aromatic rings. The third kappa shape index (κ3) is 3.69. The Morgan fingerprint density at radius 1 is 1.04 bits per heavy atom. The maximum absolute atomic E-state index is 12.4. The minimum absolute atomic E-state index is 0.154. The van der Waals surface area contributed by atoms with Crippen LogP contribution in [0.2, 0.25) is 0 Å². The summed E-state index contributed by atoms with van der Waals surface area (Å²) in [6.45, 7) is 1.24. The highest BCUT2D eigenvalue weighted by Gasteiger charge is 2.12. The minimum Gasteiger partial charge on any atom is -0.350 e. The Kier molecular flexibility index (Phi) is 4.89. The Morgan fingerprint density at radius 3 is 2.61 bits per heavy atom. The number of nitrogens with one attached hydrogen (secondary N) is 1. The van der Waals surface area contributed by atoms with Gasteiger partial charge in [-0.05, 0) is 31.0 Å². The van der Waals surface area contributed by atoms with E-state index in [1.807, 2.05) is 48.1 Å². The summed E-state index contributed by atoms with van der Waals surface area (Å²) in [5.41, 5.74) is 3.24. The standard InChI is InChI=1S/C20H22N2O/c1-22-15-18(17-11-5-6-12-19(17)22)20(23)14-21-13-7-10-16-8-3-2-4-9-16/h2-6,8-9,11-12,15,21H,7,10,13-14H2,1H3. The van der Waals surface area contributed by atoms with Crippen molar-refractivity contribution in [2.45, 2.75) is 12.8 Å². The number of carbonyl (C=O) groups is 1. The number of hydrogen-bond acceptors (Lipinski definition) is 2. The van der Waals surface area contributed by atoms with E-state index in [1.165, 1.54) is 5.56 Å². The van der Waals surface area contributed by atoms with E-state index in [4.69, 9.17) is 0 Å². The van der Waals surface area contributed by atoms with Crippen LogP contribution in [0.15, 0.2) is 60.8 Å². The average Bonchev–Trinajstić information content (AvgIpc) is 2.93. The summed E-state index contributed by atoms with van der Waals surface area (Å²) in [7, 11) is 1.98. The second-order valence-corrected chi connectivity index (χ2v) is 5.86. The van der Waals surface area contributed by atoms with Gasteiger partial charge >= 0.3 is 0 Å². The van der Waals surface area contributed by atoms with Crippen LogP contribution in [0.4, 0.5) is 0 Å². The van der Waals surface area contributed by atoms with E-state index in [1.54, 1.807) is 0 Å². The number of fused-ring (bicyclic) bond motifs is 1. The fraction of sp³-hybridized carbons (Fsp3) is 0.250. The molecule has 0 unspecified atom stereocenters. The first-order chi connectivity index (χ1) is 11.3. The Hall–Kier alpha value is -2.39. The summed E-state index contributed by atoms with van der Waals surface area (Å²) in [5.74, 6) is 0.154. The molecule has 0 amide bonds. The van der Waals surface area contributed by atoms with Crippen LogP contribution in [0.5, 0.6) is 0 Å². The van der Waals surface area contributed by atoms with E-state index in [0.29, 0.717) is 6.54 Å². The van der Waals surface area contributed by atoms with Crippen molar-refractivity contribution in [1.29, 1.82) is 0 Å². The molecule has 0 aliphatic rings. The van der Waals surface area contributed by atoms with Crippen molar-refractivity contribution in [2.75, 3.05) is 13.1 Å². The molecular weight excluding hydrogens is 284 g/mol. The lowest BCUT2D eigenvalue weighted by Crippen LogP contribution is -2.24. The van der Waals surface area contributed by atoms with Gasteiger partial charge in [0.25, 0.3) is 0 Å². The predicted molar refractivity (Wildman–Crippen MR) is 94.9 cm³/mol. The Morgan fingerprint density at radius 2 is 1.78 bits per heavy atom. The molecule has 0 saturated carbocycles. The molecule has 0 aliphatic heterocycles. The topological polar surface area (TPSA) is 34.0 Å². The predicted octanol–water partition coefficient (Wildman–Crippen LogP) is 3.58. The summed E-state index contributed by atoms with van der Waals surface area (Å²) in [4.78, 5) is 12.4. The number of ketones is 1. The van der Waals surface area contributed by atoms with E-state index in [2.05, 4.69) is 29.6 Å². The van der Waals surface area contributed by atoms with Gasteiger partial charge in [-0.1, -0.05) is 48.5 Å². The molecule has 0 bridgehead atoms. The van der Waals surface area contributed by atoms with Gasteiger partial charge in [-0.2, -0.15) is 0 Å². The second-order valence-electron chi connectivity index (χ2n) is 5.86. The Bertz CT molecular complexity index is 790. The van der Waals surface area contributed by atoms with Crippen molar-refractivity contribution >= 4 is 16.7 Å². The van der Waals surface area contributed by atoms with Crippen LogP contribution in [0, 0.1) is 0 Å². The van der Waals surface area contributed by atoms with E-state index in [9.17, 15) is 4.79 Å². The maximum Gasteiger partial charge on any atom is 0.178 e. The fourth-order valence-electron chi connectivity index (χ4n) is 2.92. The number of rotatable bonds is 7. The smallest absolute Gasteiger partial charge is 0.178 e. The molecule has 1 aromatic heterocycles. The molecule has 23 heavy (non-hydrogen) atoms. The van der Waals surface area contributed by atoms with Gasteiger partial charge < -0.3 is 9.88 Å². The zero-order chi connectivity index (χ0) is 16.1. The SMILES string of the molecule is Cn1cc(C(=O)CNCCCc2ccccc2)c2ccccc21. The largest absolute Gasteiger partial charge is 0.350 e. The number of aryl methyl sites for hydroxylation is 2. The third-order valence-electron chi connectivity index (χ3n) is 4.14. The normalized spacial score (nSPS) is 11.0. The van der Waals surface area contributed by atoms with Gasteiger partial charge in [0, 0.05) is 29.7 Å². The fourth-order valence-corrected chi connectivity index (χ4v) is 2.92. The van der Waals surface area contributed by atoms with E-state index in [0.717, 1.165) is 35.9 Å². The number of nitrogens with zero attached hydrogens (tertiary/aromatic N) is 1. The van der Waals surface area contributed by atoms with Crippen LogP contribution in [-0.2, 0) is 13.5 Å². The van der Waals surface area contributed by atoms with Gasteiger partial charge in [0.1, 0.15) is 0 Å². The molecule has 0 radical (unpaired) electrons. The van der Waals surface area contributed by atoms with Crippen molar-refractivity contribution < 1.29 is 4.79 Å². The molecule has 0 saturated heterocycles. The molecule has 2 aromatic carbocycles. The molecule has 3 nitrogen and oxygen atoms in total. The molecule has 0 aliphatic carbocycles. The van der Waals surface area contributed by atoms with Crippen LogP contribution >= 0.6 is 0 Å². The molecule has 1 N–H and O–H groups in total. The lowest BCUT2D eigenvalue weighted by Gasteiger charge is -2.04. The summed E-state index contributed by atoms with van der Waals surface area (Å²) >= 11 is 0. The monoisotopic (exact) mass is 306 g/mol. The third-order valence-corrected chi connectivity index (χ3v) is 4.14. The summed E-state index contributed by atoms with van der Waals surface area (Å²) in [6.07, 6.45) is 4.00. The van der Waals surface area contributed by atoms with Crippen molar-refractivity contribution in [2.24, 2.45) is 7.05 Å². The van der Waals surface area contributed by atoms with Crippen molar-refractivity contribution in [3.8, 4) is 0 Å². The quantitative estimate of drug-likeness (QED) is 0.535. The van der Waals surface area contributed by atoms with Crippen LogP contribution in [0.3, 0.4) is 0 Å². The number of benzene rings is 2. The van der Waals surface area contributed by atoms with Gasteiger partial charge in [0.05, 0.1) is 6.54 Å². The zero-order valence-electron chi connectivity index (χ0n) is 13.5. The minimum atomic E-state index is 0.154. The molecule has 0 atom stereocenters. The number of Topliss-reactive ketones (excluding diaryl/α,β-unsaturated/α-hetero) is 1. The second kappa shape index (κ2) is 7.25. The van der Waals surface area contributed by atoms with Crippen molar-refractivity contribution in [1.82, 2.24) is 9.88 Å². The van der Waals surface area contributed by atoms with Crippen LogP contribution in [0.1, 0.15) is 22.3 Å². The molecule has 0 spiro atoms. The van der Waals surface area contributed by atoms with Gasteiger partial charge in [-0.25, -0.2) is 0 Å². The van der Waals surface area contributed by atoms with E-state index < -0.39 is 0 Å². The lowest BCUT2D eigenvalue weighted by atomic mass is 10.1. The van der Waals surface area contributed by atoms with Crippen molar-refractivity contribution in [3.05, 3.63) is 71.9 Å². The highest BCUT2D eigenvalue weighted by atomic mass is 16.1. The van der Waals surface area contributed by atoms with E-state index in [-0.39, 0.29) is 5.78 Å². The maximum atomic E-state index is 12.4. The van der Waals surface area contributed by atoms with Crippen LogP contribution in [0.25, 0.3) is 10.9 Å². The Balaban J connectivity index is 1.51. The summed E-state index contributed by atoms with van der Waals surface area (Å²) in [5, 5.41) is 4.30. The first-order valence-electron chi connectivity index (χ1n) is 8.07. The molecule has 1 heterocycles. The zero-order valence-corrected chi connectivity index (χ0v) is 13.5. The lowest BCUT2D eigenvalue weighted by molar-refractivity contribution is 0.0992. The number of hydrogen-bond donors (Lipinski definition) is 1. The van der Waals surface area contributed by atoms with Gasteiger partial charge in [0.2, 0.25) is 0 Å². The number of aromatic nitrogens is 1. The van der Waals surface area contributed by atoms with Gasteiger partial charge in [0.15, 0.2) is 5.78 Å². The molecule has 0 fully saturated rings. The summed E-state index contributed by atoms with van der Waals surface area (Å²) < 4.78 is 2.01. The van der Waals surface area contributed by atoms with Crippen molar-refractivity contribution in [3.63, 3.8) is 0 Å². The van der Waals surface area contributed by atoms with Crippen LogP contribution < -0.4 is 5.32 Å². The molecular formula is C20H22N2O. The van der Waals surface area contributed by atoms with Gasteiger partial charge in [-0.15, -0.1) is 0 Å². The number of carbonyl (C=O) groups excluding carboxylic acids is 1. The highest BCUT2D eigenvalue weighted by molar-refractivity contribution is 6.09. The highest BCUT2D eigenvalue weighted by Crippen LogP contribution is 2.20. The van der Waals surface area contributed by atoms with Crippen LogP contribution in [-0.4, -0.2) is 23.4 Å². The molecule has 118 valence electrons. The number of para-hydroxylation sites is 1. The first kappa shape index (κ1) is 15.5. The molecule has 3 rings (SSSR count). The van der Waals surface area contributed by atoms with Gasteiger partial charge in [-0.3, -0.25) is 4.79 Å².